The van der Waals surface area contributed by atoms with E-state index in [1.807, 2.05) is 6.33 Å². The topological polar surface area (TPSA) is 60.0 Å². The summed E-state index contributed by atoms with van der Waals surface area (Å²) in [4.78, 5) is 2.53. The van der Waals surface area contributed by atoms with Crippen LogP contribution in [0.4, 0.5) is 0 Å². The van der Waals surface area contributed by atoms with Gasteiger partial charge in [0.15, 0.2) is 0 Å². The molecule has 0 bridgehead atoms. The minimum atomic E-state index is 0.521. The third-order valence-corrected chi connectivity index (χ3v) is 4.90. The van der Waals surface area contributed by atoms with E-state index in [0.717, 1.165) is 43.8 Å². The Morgan fingerprint density at radius 2 is 2.32 bits per heavy atom. The first-order chi connectivity index (χ1) is 9.28. The van der Waals surface area contributed by atoms with Crippen LogP contribution < -0.4 is 5.73 Å². The third-order valence-electron chi connectivity index (χ3n) is 4.90. The fourth-order valence-corrected chi connectivity index (χ4v) is 3.84. The van der Waals surface area contributed by atoms with Gasteiger partial charge in [0.05, 0.1) is 6.54 Å². The standard InChI is InChI=1S/C14H25N5/c1-11-3-2-4-12(7-11)13(8-15)18-5-6-19-10-16-17-14(19)9-18/h10-13H,2-9,15H2,1H3. The summed E-state index contributed by atoms with van der Waals surface area (Å²) in [6, 6.07) is 0.521. The van der Waals surface area contributed by atoms with E-state index in [1.54, 1.807) is 0 Å². The zero-order chi connectivity index (χ0) is 13.2. The normalized spacial score (nSPS) is 30.0. The van der Waals surface area contributed by atoms with Crippen molar-refractivity contribution in [2.45, 2.75) is 51.7 Å². The lowest BCUT2D eigenvalue weighted by Crippen LogP contribution is -2.49. The van der Waals surface area contributed by atoms with Gasteiger partial charge in [-0.2, -0.15) is 0 Å². The Morgan fingerprint density at radius 3 is 3.11 bits per heavy atom. The van der Waals surface area contributed by atoms with Crippen LogP contribution in [0.5, 0.6) is 0 Å². The van der Waals surface area contributed by atoms with Gasteiger partial charge < -0.3 is 10.3 Å². The smallest absolute Gasteiger partial charge is 0.147 e. The lowest BCUT2D eigenvalue weighted by molar-refractivity contribution is 0.0828. The molecule has 0 spiro atoms. The van der Waals surface area contributed by atoms with Gasteiger partial charge in [-0.1, -0.05) is 19.8 Å². The molecule has 5 nitrogen and oxygen atoms in total. The predicted octanol–water partition coefficient (Wildman–Crippen LogP) is 1.25. The summed E-state index contributed by atoms with van der Waals surface area (Å²) in [5.74, 6) is 2.72. The van der Waals surface area contributed by atoms with Gasteiger partial charge in [-0.25, -0.2) is 0 Å². The molecule has 0 radical (unpaired) electrons. The van der Waals surface area contributed by atoms with Crippen LogP contribution in [0.15, 0.2) is 6.33 Å². The van der Waals surface area contributed by atoms with Crippen molar-refractivity contribution in [3.8, 4) is 0 Å². The molecule has 1 aliphatic carbocycles. The summed E-state index contributed by atoms with van der Waals surface area (Å²) in [6.45, 7) is 6.14. The predicted molar refractivity (Wildman–Crippen MR) is 74.4 cm³/mol. The molecule has 0 amide bonds. The lowest BCUT2D eigenvalue weighted by Gasteiger charge is -2.41. The molecule has 19 heavy (non-hydrogen) atoms. The fourth-order valence-electron chi connectivity index (χ4n) is 3.84. The number of aromatic nitrogens is 3. The van der Waals surface area contributed by atoms with Crippen molar-refractivity contribution in [2.75, 3.05) is 13.1 Å². The highest BCUT2D eigenvalue weighted by molar-refractivity contribution is 4.94. The Kier molecular flexibility index (Phi) is 3.84. The van der Waals surface area contributed by atoms with Gasteiger partial charge in [-0.15, -0.1) is 10.2 Å². The van der Waals surface area contributed by atoms with Crippen molar-refractivity contribution in [1.82, 2.24) is 19.7 Å². The number of hydrogen-bond donors (Lipinski definition) is 1. The molecule has 1 saturated carbocycles. The second-order valence-corrected chi connectivity index (χ2v) is 6.25. The number of rotatable bonds is 3. The second kappa shape index (κ2) is 5.59. The molecule has 3 rings (SSSR count). The van der Waals surface area contributed by atoms with Crippen LogP contribution >= 0.6 is 0 Å². The Labute approximate surface area is 115 Å². The Bertz CT molecular complexity index is 416. The largest absolute Gasteiger partial charge is 0.329 e. The first kappa shape index (κ1) is 13.1. The molecule has 0 saturated heterocycles. The first-order valence-corrected chi connectivity index (χ1v) is 7.58. The van der Waals surface area contributed by atoms with Crippen LogP contribution in [-0.4, -0.2) is 38.8 Å². The lowest BCUT2D eigenvalue weighted by atomic mass is 9.78. The first-order valence-electron chi connectivity index (χ1n) is 7.58. The third kappa shape index (κ3) is 2.67. The quantitative estimate of drug-likeness (QED) is 0.891. The van der Waals surface area contributed by atoms with Crippen LogP contribution in [0.2, 0.25) is 0 Å². The molecular formula is C14H25N5. The van der Waals surface area contributed by atoms with Crippen molar-refractivity contribution < 1.29 is 0 Å². The number of fused-ring (bicyclic) bond motifs is 1. The molecule has 0 aromatic carbocycles. The Balaban J connectivity index is 1.69. The van der Waals surface area contributed by atoms with Gasteiger partial charge in [0.1, 0.15) is 12.2 Å². The summed E-state index contributed by atoms with van der Waals surface area (Å²) in [5.41, 5.74) is 6.09. The monoisotopic (exact) mass is 263 g/mol. The zero-order valence-electron chi connectivity index (χ0n) is 11.8. The van der Waals surface area contributed by atoms with Gasteiger partial charge in [-0.3, -0.25) is 4.90 Å². The summed E-state index contributed by atoms with van der Waals surface area (Å²) in [5, 5.41) is 8.22. The van der Waals surface area contributed by atoms with E-state index in [9.17, 15) is 0 Å². The Hall–Kier alpha value is -0.940. The van der Waals surface area contributed by atoms with Crippen LogP contribution in [0.3, 0.4) is 0 Å². The van der Waals surface area contributed by atoms with E-state index in [0.29, 0.717) is 6.04 Å². The molecular weight excluding hydrogens is 238 g/mol. The van der Waals surface area contributed by atoms with E-state index in [2.05, 4.69) is 26.6 Å². The highest BCUT2D eigenvalue weighted by Crippen LogP contribution is 2.33. The molecule has 106 valence electrons. The fraction of sp³-hybridized carbons (Fsp3) is 0.857. The molecule has 2 N–H and O–H groups in total. The summed E-state index contributed by atoms with van der Waals surface area (Å²) in [6.07, 6.45) is 7.28. The van der Waals surface area contributed by atoms with E-state index in [4.69, 9.17) is 5.73 Å². The summed E-state index contributed by atoms with van der Waals surface area (Å²) >= 11 is 0. The molecule has 2 heterocycles. The summed E-state index contributed by atoms with van der Waals surface area (Å²) in [7, 11) is 0. The van der Waals surface area contributed by atoms with Crippen molar-refractivity contribution in [2.24, 2.45) is 17.6 Å². The van der Waals surface area contributed by atoms with Crippen molar-refractivity contribution in [3.63, 3.8) is 0 Å². The number of hydrogen-bond acceptors (Lipinski definition) is 4. The molecule has 2 aliphatic rings. The van der Waals surface area contributed by atoms with Crippen molar-refractivity contribution in [1.29, 1.82) is 0 Å². The minimum absolute atomic E-state index is 0.521. The minimum Gasteiger partial charge on any atom is -0.329 e. The average Bonchev–Trinajstić information content (AvgIpc) is 2.87. The molecule has 5 heteroatoms. The van der Waals surface area contributed by atoms with Crippen LogP contribution in [0.1, 0.15) is 38.4 Å². The maximum absolute atomic E-state index is 6.09. The maximum atomic E-state index is 6.09. The highest BCUT2D eigenvalue weighted by Gasteiger charge is 2.32. The Morgan fingerprint density at radius 1 is 1.42 bits per heavy atom. The van der Waals surface area contributed by atoms with Gasteiger partial charge in [-0.05, 0) is 24.7 Å². The van der Waals surface area contributed by atoms with E-state index >= 15 is 0 Å². The van der Waals surface area contributed by atoms with Crippen LogP contribution in [0.25, 0.3) is 0 Å². The zero-order valence-corrected chi connectivity index (χ0v) is 11.8. The molecule has 1 aromatic rings. The van der Waals surface area contributed by atoms with Crippen molar-refractivity contribution in [3.05, 3.63) is 12.2 Å². The SMILES string of the molecule is CC1CCCC(C(CN)N2CCn3cnnc3C2)C1. The molecule has 1 aromatic heterocycles. The van der Waals surface area contributed by atoms with Crippen LogP contribution in [-0.2, 0) is 13.1 Å². The van der Waals surface area contributed by atoms with Crippen LogP contribution in [0, 0.1) is 11.8 Å². The summed E-state index contributed by atoms with van der Waals surface area (Å²) < 4.78 is 2.16. The molecule has 1 aliphatic heterocycles. The van der Waals surface area contributed by atoms with Gasteiger partial charge in [0.25, 0.3) is 0 Å². The maximum Gasteiger partial charge on any atom is 0.147 e. The number of nitrogens with two attached hydrogens (primary N) is 1. The molecule has 1 fully saturated rings. The van der Waals surface area contributed by atoms with Gasteiger partial charge in [0.2, 0.25) is 0 Å². The van der Waals surface area contributed by atoms with E-state index in [1.165, 1.54) is 25.7 Å². The average molecular weight is 263 g/mol. The van der Waals surface area contributed by atoms with E-state index in [-0.39, 0.29) is 0 Å². The van der Waals surface area contributed by atoms with Gasteiger partial charge in [0, 0.05) is 25.7 Å². The molecule has 3 atom stereocenters. The van der Waals surface area contributed by atoms with Gasteiger partial charge >= 0.3 is 0 Å². The second-order valence-electron chi connectivity index (χ2n) is 6.25. The highest BCUT2D eigenvalue weighted by atomic mass is 15.3. The number of nitrogens with zero attached hydrogens (tertiary/aromatic N) is 4. The van der Waals surface area contributed by atoms with Crippen molar-refractivity contribution >= 4 is 0 Å². The van der Waals surface area contributed by atoms with E-state index < -0.39 is 0 Å². The molecule has 3 unspecified atom stereocenters.